The van der Waals surface area contributed by atoms with E-state index in [2.05, 4.69) is 11.2 Å². The van der Waals surface area contributed by atoms with Crippen molar-refractivity contribution < 1.29 is 4.79 Å². The van der Waals surface area contributed by atoms with Crippen molar-refractivity contribution in [3.8, 4) is 12.3 Å². The minimum absolute atomic E-state index is 0.0747. The third kappa shape index (κ3) is 6.21. The van der Waals surface area contributed by atoms with Crippen molar-refractivity contribution in [1.82, 2.24) is 5.32 Å². The van der Waals surface area contributed by atoms with Gasteiger partial charge in [0, 0.05) is 24.4 Å². The average molecular weight is 276 g/mol. The quantitative estimate of drug-likeness (QED) is 0.456. The molecule has 19 heavy (non-hydrogen) atoms. The van der Waals surface area contributed by atoms with Crippen LogP contribution in [-0.2, 0) is 4.79 Å². The average Bonchev–Trinajstić information content (AvgIpc) is 2.39. The van der Waals surface area contributed by atoms with Gasteiger partial charge in [0.25, 0.3) is 0 Å². The maximum absolute atomic E-state index is 11.7. The zero-order valence-corrected chi connectivity index (χ0v) is 12.0. The van der Waals surface area contributed by atoms with Crippen molar-refractivity contribution in [2.45, 2.75) is 19.3 Å². The number of terminal acetylenes is 1. The number of thioether (sulfide) groups is 1. The van der Waals surface area contributed by atoms with E-state index in [1.807, 2.05) is 31.2 Å². The summed E-state index contributed by atoms with van der Waals surface area (Å²) in [6.07, 6.45) is 5.63. The molecule has 1 aromatic carbocycles. The van der Waals surface area contributed by atoms with E-state index in [1.165, 1.54) is 0 Å². The summed E-state index contributed by atoms with van der Waals surface area (Å²) < 4.78 is 0. The lowest BCUT2D eigenvalue weighted by molar-refractivity contribution is -0.121. The Morgan fingerprint density at radius 1 is 1.47 bits per heavy atom. The van der Waals surface area contributed by atoms with Crippen molar-refractivity contribution in [1.29, 1.82) is 0 Å². The normalized spacial score (nSPS) is 11.6. The fourth-order valence-corrected chi connectivity index (χ4v) is 2.19. The van der Waals surface area contributed by atoms with Gasteiger partial charge < -0.3 is 11.1 Å². The SMILES string of the molecule is C#CCSCCNC(=O)CC(C)c1ccc(N)cc1. The van der Waals surface area contributed by atoms with Gasteiger partial charge in [-0.25, -0.2) is 0 Å². The molecule has 4 heteroatoms. The number of anilines is 1. The summed E-state index contributed by atoms with van der Waals surface area (Å²) in [5, 5.41) is 2.90. The number of nitrogens with one attached hydrogen (secondary N) is 1. The number of hydrogen-bond donors (Lipinski definition) is 2. The minimum Gasteiger partial charge on any atom is -0.399 e. The molecule has 0 bridgehead atoms. The molecule has 1 unspecified atom stereocenters. The van der Waals surface area contributed by atoms with Gasteiger partial charge in [0.05, 0.1) is 5.75 Å². The molecular formula is C15H20N2OS. The molecule has 1 aromatic rings. The van der Waals surface area contributed by atoms with Crippen LogP contribution in [-0.4, -0.2) is 24.0 Å². The number of nitrogen functional groups attached to an aromatic ring is 1. The van der Waals surface area contributed by atoms with Gasteiger partial charge in [-0.05, 0) is 23.6 Å². The largest absolute Gasteiger partial charge is 0.399 e. The smallest absolute Gasteiger partial charge is 0.220 e. The van der Waals surface area contributed by atoms with Crippen LogP contribution in [0, 0.1) is 12.3 Å². The van der Waals surface area contributed by atoms with Gasteiger partial charge in [-0.3, -0.25) is 4.79 Å². The molecule has 0 aliphatic rings. The van der Waals surface area contributed by atoms with E-state index >= 15 is 0 Å². The van der Waals surface area contributed by atoms with Crippen LogP contribution in [0.25, 0.3) is 0 Å². The lowest BCUT2D eigenvalue weighted by Crippen LogP contribution is -2.26. The molecule has 0 saturated heterocycles. The van der Waals surface area contributed by atoms with Crippen LogP contribution in [0.3, 0.4) is 0 Å². The predicted molar refractivity (Wildman–Crippen MR) is 83.1 cm³/mol. The number of carbonyl (C=O) groups excluding carboxylic acids is 1. The first-order chi connectivity index (χ1) is 9.13. The lowest BCUT2D eigenvalue weighted by Gasteiger charge is -2.12. The molecule has 0 aliphatic heterocycles. The van der Waals surface area contributed by atoms with Crippen molar-refractivity contribution in [2.75, 3.05) is 23.8 Å². The second-order valence-electron chi connectivity index (χ2n) is 4.38. The molecule has 0 saturated carbocycles. The summed E-state index contributed by atoms with van der Waals surface area (Å²) in [5.74, 6) is 4.37. The molecule has 102 valence electrons. The molecule has 0 radical (unpaired) electrons. The van der Waals surface area contributed by atoms with Gasteiger partial charge in [-0.2, -0.15) is 0 Å². The Morgan fingerprint density at radius 2 is 2.16 bits per heavy atom. The van der Waals surface area contributed by atoms with E-state index in [0.717, 1.165) is 17.0 Å². The van der Waals surface area contributed by atoms with E-state index in [0.29, 0.717) is 18.7 Å². The van der Waals surface area contributed by atoms with Crippen LogP contribution >= 0.6 is 11.8 Å². The highest BCUT2D eigenvalue weighted by Crippen LogP contribution is 2.19. The fourth-order valence-electron chi connectivity index (χ4n) is 1.69. The van der Waals surface area contributed by atoms with E-state index in [9.17, 15) is 4.79 Å². The molecule has 0 heterocycles. The van der Waals surface area contributed by atoms with Crippen molar-refractivity contribution in [2.24, 2.45) is 0 Å². The first-order valence-corrected chi connectivity index (χ1v) is 7.42. The third-order valence-corrected chi connectivity index (χ3v) is 3.61. The van der Waals surface area contributed by atoms with E-state index in [4.69, 9.17) is 12.2 Å². The molecule has 3 nitrogen and oxygen atoms in total. The van der Waals surface area contributed by atoms with E-state index in [1.54, 1.807) is 11.8 Å². The molecule has 0 aliphatic carbocycles. The maximum Gasteiger partial charge on any atom is 0.220 e. The number of nitrogens with two attached hydrogens (primary N) is 1. The minimum atomic E-state index is 0.0747. The summed E-state index contributed by atoms with van der Waals surface area (Å²) >= 11 is 1.65. The third-order valence-electron chi connectivity index (χ3n) is 2.75. The summed E-state index contributed by atoms with van der Waals surface area (Å²) in [6.45, 7) is 2.71. The molecule has 0 fully saturated rings. The van der Waals surface area contributed by atoms with Gasteiger partial charge in [0.15, 0.2) is 0 Å². The molecular weight excluding hydrogens is 256 g/mol. The number of rotatable bonds is 7. The Labute approximate surface area is 119 Å². The molecule has 1 rings (SSSR count). The molecule has 1 amide bonds. The first-order valence-electron chi connectivity index (χ1n) is 6.27. The molecule has 1 atom stereocenters. The van der Waals surface area contributed by atoms with Gasteiger partial charge in [0.2, 0.25) is 5.91 Å². The Morgan fingerprint density at radius 3 is 2.79 bits per heavy atom. The number of benzene rings is 1. The van der Waals surface area contributed by atoms with Crippen LogP contribution < -0.4 is 11.1 Å². The monoisotopic (exact) mass is 276 g/mol. The zero-order chi connectivity index (χ0) is 14.1. The highest BCUT2D eigenvalue weighted by atomic mass is 32.2. The van der Waals surface area contributed by atoms with Gasteiger partial charge in [-0.15, -0.1) is 18.2 Å². The summed E-state index contributed by atoms with van der Waals surface area (Å²) in [6, 6.07) is 7.66. The van der Waals surface area contributed by atoms with Gasteiger partial charge >= 0.3 is 0 Å². The van der Waals surface area contributed by atoms with Crippen LogP contribution in [0.5, 0.6) is 0 Å². The Bertz CT molecular complexity index is 436. The highest BCUT2D eigenvalue weighted by Gasteiger charge is 2.10. The Hall–Kier alpha value is -1.60. The summed E-state index contributed by atoms with van der Waals surface area (Å²) in [7, 11) is 0. The summed E-state index contributed by atoms with van der Waals surface area (Å²) in [5.41, 5.74) is 7.51. The fraction of sp³-hybridized carbons (Fsp3) is 0.400. The van der Waals surface area contributed by atoms with Crippen molar-refractivity contribution in [3.63, 3.8) is 0 Å². The van der Waals surface area contributed by atoms with E-state index < -0.39 is 0 Å². The topological polar surface area (TPSA) is 55.1 Å². The predicted octanol–water partition coefficient (Wildman–Crippen LogP) is 2.25. The van der Waals surface area contributed by atoms with Crippen LogP contribution in [0.2, 0.25) is 0 Å². The Balaban J connectivity index is 2.28. The maximum atomic E-state index is 11.7. The zero-order valence-electron chi connectivity index (χ0n) is 11.2. The van der Waals surface area contributed by atoms with Crippen molar-refractivity contribution in [3.05, 3.63) is 29.8 Å². The highest BCUT2D eigenvalue weighted by molar-refractivity contribution is 7.99. The first kappa shape index (κ1) is 15.5. The van der Waals surface area contributed by atoms with Crippen LogP contribution in [0.1, 0.15) is 24.8 Å². The second-order valence-corrected chi connectivity index (χ2v) is 5.48. The summed E-state index contributed by atoms with van der Waals surface area (Å²) in [4.78, 5) is 11.7. The van der Waals surface area contributed by atoms with Gasteiger partial charge in [-0.1, -0.05) is 25.0 Å². The molecule has 3 N–H and O–H groups in total. The lowest BCUT2D eigenvalue weighted by atomic mass is 9.97. The number of amides is 1. The number of hydrogen-bond acceptors (Lipinski definition) is 3. The Kier molecular flexibility index (Phi) is 6.91. The van der Waals surface area contributed by atoms with Gasteiger partial charge in [0.1, 0.15) is 0 Å². The van der Waals surface area contributed by atoms with Crippen LogP contribution in [0.15, 0.2) is 24.3 Å². The van der Waals surface area contributed by atoms with Crippen LogP contribution in [0.4, 0.5) is 5.69 Å². The number of carbonyl (C=O) groups is 1. The molecule has 0 aromatic heterocycles. The standard InChI is InChI=1S/C15H20N2OS/c1-3-9-19-10-8-17-15(18)11-12(2)13-4-6-14(16)7-5-13/h1,4-7,12H,8-11,16H2,2H3,(H,17,18). The molecule has 0 spiro atoms. The second kappa shape index (κ2) is 8.49. The van der Waals surface area contributed by atoms with E-state index in [-0.39, 0.29) is 11.8 Å². The van der Waals surface area contributed by atoms with Crippen molar-refractivity contribution >= 4 is 23.4 Å².